The number of hydrogen-bond acceptors (Lipinski definition) is 2. The number of carbonyl (C=O) groups excluding carboxylic acids is 1. The molecule has 0 N–H and O–H groups in total. The van der Waals surface area contributed by atoms with Crippen LogP contribution < -0.4 is 0 Å². The van der Waals surface area contributed by atoms with Crippen LogP contribution in [0.3, 0.4) is 0 Å². The van der Waals surface area contributed by atoms with Crippen molar-refractivity contribution in [1.29, 1.82) is 0 Å². The lowest BCUT2D eigenvalue weighted by Gasteiger charge is -2.04. The van der Waals surface area contributed by atoms with Crippen LogP contribution in [0.1, 0.15) is 15.9 Å². The summed E-state index contributed by atoms with van der Waals surface area (Å²) in [4.78, 5) is 15.0. The molecule has 0 bridgehead atoms. The zero-order valence-electron chi connectivity index (χ0n) is 8.77. The van der Waals surface area contributed by atoms with E-state index in [4.69, 9.17) is 0 Å². The van der Waals surface area contributed by atoms with Gasteiger partial charge in [-0.2, -0.15) is 0 Å². The van der Waals surface area contributed by atoms with Crippen LogP contribution in [0.2, 0.25) is 0 Å². The van der Waals surface area contributed by atoms with Crippen LogP contribution in [0.15, 0.2) is 36.5 Å². The van der Waals surface area contributed by atoms with E-state index >= 15 is 0 Å². The first kappa shape index (κ1) is 10.5. The van der Waals surface area contributed by atoms with Gasteiger partial charge in [0, 0.05) is 17.3 Å². The second-order valence-electron chi connectivity index (χ2n) is 3.57. The molecule has 1 heterocycles. The van der Waals surface area contributed by atoms with E-state index in [0.717, 1.165) is 5.56 Å². The van der Waals surface area contributed by atoms with Gasteiger partial charge < -0.3 is 0 Å². The lowest BCUT2D eigenvalue weighted by molar-refractivity contribution is 0.112. The Labute approximate surface area is 92.8 Å². The van der Waals surface area contributed by atoms with Crippen molar-refractivity contribution in [2.45, 2.75) is 6.92 Å². The van der Waals surface area contributed by atoms with Gasteiger partial charge in [-0.25, -0.2) is 4.39 Å². The van der Waals surface area contributed by atoms with Crippen molar-refractivity contribution in [3.8, 4) is 11.3 Å². The molecule has 0 amide bonds. The van der Waals surface area contributed by atoms with Gasteiger partial charge in [-0.3, -0.25) is 9.78 Å². The summed E-state index contributed by atoms with van der Waals surface area (Å²) in [7, 11) is 0. The van der Waals surface area contributed by atoms with E-state index in [0.29, 0.717) is 23.1 Å². The average molecular weight is 215 g/mol. The third kappa shape index (κ3) is 1.98. The minimum atomic E-state index is -0.372. The van der Waals surface area contributed by atoms with E-state index < -0.39 is 0 Å². The zero-order chi connectivity index (χ0) is 11.5. The Morgan fingerprint density at radius 2 is 2.06 bits per heavy atom. The molecule has 0 saturated heterocycles. The van der Waals surface area contributed by atoms with Crippen molar-refractivity contribution < 1.29 is 9.18 Å². The van der Waals surface area contributed by atoms with Crippen LogP contribution in [0, 0.1) is 12.7 Å². The Morgan fingerprint density at radius 1 is 1.25 bits per heavy atom. The molecule has 0 saturated carbocycles. The molecular formula is C13H10FNO. The monoisotopic (exact) mass is 215 g/mol. The van der Waals surface area contributed by atoms with E-state index in [1.165, 1.54) is 18.2 Å². The number of pyridine rings is 1. The third-order valence-electron chi connectivity index (χ3n) is 2.33. The summed E-state index contributed by atoms with van der Waals surface area (Å²) < 4.78 is 13.1. The van der Waals surface area contributed by atoms with E-state index in [1.807, 2.05) is 13.0 Å². The molecule has 0 spiro atoms. The van der Waals surface area contributed by atoms with Crippen LogP contribution in [-0.2, 0) is 0 Å². The smallest absolute Gasteiger partial charge is 0.150 e. The van der Waals surface area contributed by atoms with Gasteiger partial charge in [-0.1, -0.05) is 6.07 Å². The van der Waals surface area contributed by atoms with Crippen molar-refractivity contribution in [1.82, 2.24) is 4.98 Å². The maximum Gasteiger partial charge on any atom is 0.150 e. The highest BCUT2D eigenvalue weighted by Gasteiger charge is 2.06. The topological polar surface area (TPSA) is 30.0 Å². The fourth-order valence-corrected chi connectivity index (χ4v) is 1.48. The molecule has 80 valence electrons. The molecule has 0 radical (unpaired) electrons. The molecule has 2 rings (SSSR count). The summed E-state index contributed by atoms with van der Waals surface area (Å²) in [5.41, 5.74) is 2.59. The third-order valence-corrected chi connectivity index (χ3v) is 2.33. The molecule has 2 nitrogen and oxygen atoms in total. The molecule has 0 aliphatic rings. The van der Waals surface area contributed by atoms with Crippen LogP contribution in [0.25, 0.3) is 11.3 Å². The van der Waals surface area contributed by atoms with Crippen LogP contribution in [0.4, 0.5) is 4.39 Å². The minimum Gasteiger partial charge on any atom is -0.298 e. The summed E-state index contributed by atoms with van der Waals surface area (Å²) in [6.07, 6.45) is 2.39. The summed E-state index contributed by atoms with van der Waals surface area (Å²) in [5, 5.41) is 0. The minimum absolute atomic E-state index is 0.372. The Balaban J connectivity index is 2.57. The predicted molar refractivity (Wildman–Crippen MR) is 59.8 cm³/mol. The highest BCUT2D eigenvalue weighted by molar-refractivity contribution is 5.86. The number of carbonyl (C=O) groups is 1. The maximum absolute atomic E-state index is 13.1. The lowest BCUT2D eigenvalue weighted by Crippen LogP contribution is -1.91. The molecule has 0 fully saturated rings. The van der Waals surface area contributed by atoms with Crippen molar-refractivity contribution in [2.24, 2.45) is 0 Å². The molecule has 0 atom stereocenters. The number of aromatic nitrogens is 1. The second-order valence-corrected chi connectivity index (χ2v) is 3.57. The molecule has 0 unspecified atom stereocenters. The fraction of sp³-hybridized carbons (Fsp3) is 0.0769. The molecular weight excluding hydrogens is 205 g/mol. The van der Waals surface area contributed by atoms with Crippen molar-refractivity contribution in [3.05, 3.63) is 53.5 Å². The Bertz CT molecular complexity index is 520. The van der Waals surface area contributed by atoms with E-state index in [-0.39, 0.29) is 5.82 Å². The van der Waals surface area contributed by atoms with Gasteiger partial charge in [0.15, 0.2) is 6.29 Å². The highest BCUT2D eigenvalue weighted by atomic mass is 19.1. The summed E-state index contributed by atoms with van der Waals surface area (Å²) in [5.74, 6) is -0.372. The van der Waals surface area contributed by atoms with Crippen LogP contribution in [-0.4, -0.2) is 11.3 Å². The summed E-state index contributed by atoms with van der Waals surface area (Å²) >= 11 is 0. The molecule has 0 aliphatic carbocycles. The molecule has 2 aromatic rings. The maximum atomic E-state index is 13.1. The SMILES string of the molecule is Cc1ccc(-c2cc(F)ccc2C=O)nc1. The molecule has 3 heteroatoms. The Morgan fingerprint density at radius 3 is 2.69 bits per heavy atom. The second kappa shape index (κ2) is 4.23. The van der Waals surface area contributed by atoms with Crippen molar-refractivity contribution in [3.63, 3.8) is 0 Å². The molecule has 1 aromatic heterocycles. The molecule has 0 aliphatic heterocycles. The van der Waals surface area contributed by atoms with E-state index in [1.54, 1.807) is 12.3 Å². The van der Waals surface area contributed by atoms with Crippen LogP contribution in [0.5, 0.6) is 0 Å². The number of hydrogen-bond donors (Lipinski definition) is 0. The van der Waals surface area contributed by atoms with Gasteiger partial charge in [0.05, 0.1) is 5.69 Å². The van der Waals surface area contributed by atoms with Gasteiger partial charge in [-0.15, -0.1) is 0 Å². The summed E-state index contributed by atoms with van der Waals surface area (Å²) in [6.45, 7) is 1.92. The van der Waals surface area contributed by atoms with Crippen LogP contribution >= 0.6 is 0 Å². The standard InChI is InChI=1S/C13H10FNO/c1-9-2-5-13(15-7-9)12-6-11(14)4-3-10(12)8-16/h2-8H,1H3. The first-order valence-electron chi connectivity index (χ1n) is 4.88. The highest BCUT2D eigenvalue weighted by Crippen LogP contribution is 2.21. The van der Waals surface area contributed by atoms with Gasteiger partial charge >= 0.3 is 0 Å². The van der Waals surface area contributed by atoms with E-state index in [2.05, 4.69) is 4.98 Å². The average Bonchev–Trinajstić information content (AvgIpc) is 2.30. The van der Waals surface area contributed by atoms with Gasteiger partial charge in [0.25, 0.3) is 0 Å². The Hall–Kier alpha value is -2.03. The molecule has 1 aromatic carbocycles. The van der Waals surface area contributed by atoms with Gasteiger partial charge in [0.1, 0.15) is 5.82 Å². The Kier molecular flexibility index (Phi) is 2.77. The number of aryl methyl sites for hydroxylation is 1. The number of rotatable bonds is 2. The zero-order valence-corrected chi connectivity index (χ0v) is 8.77. The van der Waals surface area contributed by atoms with Gasteiger partial charge in [-0.05, 0) is 36.8 Å². The lowest BCUT2D eigenvalue weighted by atomic mass is 10.0. The van der Waals surface area contributed by atoms with E-state index in [9.17, 15) is 9.18 Å². The van der Waals surface area contributed by atoms with Crippen molar-refractivity contribution in [2.75, 3.05) is 0 Å². The van der Waals surface area contributed by atoms with Crippen molar-refractivity contribution >= 4 is 6.29 Å². The molecule has 16 heavy (non-hydrogen) atoms. The fourth-order valence-electron chi connectivity index (χ4n) is 1.48. The predicted octanol–water partition coefficient (Wildman–Crippen LogP) is 3.01. The first-order valence-corrected chi connectivity index (χ1v) is 4.88. The number of benzene rings is 1. The number of aldehydes is 1. The summed E-state index contributed by atoms with van der Waals surface area (Å²) in [6, 6.07) is 7.70. The number of nitrogens with zero attached hydrogens (tertiary/aromatic N) is 1. The quantitative estimate of drug-likeness (QED) is 0.721. The largest absolute Gasteiger partial charge is 0.298 e. The first-order chi connectivity index (χ1) is 7.70. The van der Waals surface area contributed by atoms with Gasteiger partial charge in [0.2, 0.25) is 0 Å². The normalized spacial score (nSPS) is 10.1. The number of halogens is 1.